The van der Waals surface area contributed by atoms with Gasteiger partial charge in [0.25, 0.3) is 0 Å². The predicted octanol–water partition coefficient (Wildman–Crippen LogP) is 1.54. The number of nitrogens with two attached hydrogens (primary N) is 1. The number of carbonyl (C=O) groups is 1. The Morgan fingerprint density at radius 3 is 2.43 bits per heavy atom. The summed E-state index contributed by atoms with van der Waals surface area (Å²) in [7, 11) is -3.75. The van der Waals surface area contributed by atoms with E-state index >= 15 is 0 Å². The molecule has 0 aliphatic heterocycles. The minimum Gasteiger partial charge on any atom is -0.459 e. The largest absolute Gasteiger partial charge is 0.459 e. The fourth-order valence-corrected chi connectivity index (χ4v) is 3.03. The summed E-state index contributed by atoms with van der Waals surface area (Å²) in [6.07, 6.45) is 0. The van der Waals surface area contributed by atoms with Gasteiger partial charge in [0, 0.05) is 6.54 Å². The summed E-state index contributed by atoms with van der Waals surface area (Å²) >= 11 is 0. The van der Waals surface area contributed by atoms with E-state index in [0.29, 0.717) is 5.56 Å². The van der Waals surface area contributed by atoms with E-state index in [1.165, 1.54) is 12.1 Å². The van der Waals surface area contributed by atoms with Gasteiger partial charge in [-0.3, -0.25) is 4.79 Å². The summed E-state index contributed by atoms with van der Waals surface area (Å²) in [5.74, 6) is -2.57. The molecule has 0 saturated carbocycles. The molecule has 1 aromatic carbocycles. The standard InChI is InChI=1S/C14H20FNO4S/c1-14(2,3)20-13(17)9-21(18,19)8-11-6-12(15)5-4-10(11)7-16/h4-6H,7-9,16H2,1-3H3. The first-order valence-electron chi connectivity index (χ1n) is 6.42. The summed E-state index contributed by atoms with van der Waals surface area (Å²) in [5.41, 5.74) is 5.54. The Kier molecular flexibility index (Phi) is 5.47. The first-order chi connectivity index (χ1) is 9.52. The SMILES string of the molecule is CC(C)(C)OC(=O)CS(=O)(=O)Cc1cc(F)ccc1CN. The van der Waals surface area contributed by atoms with Crippen LogP contribution in [0.15, 0.2) is 18.2 Å². The number of esters is 1. The van der Waals surface area contributed by atoms with Gasteiger partial charge in [-0.05, 0) is 44.0 Å². The van der Waals surface area contributed by atoms with E-state index < -0.39 is 38.7 Å². The zero-order valence-electron chi connectivity index (χ0n) is 12.3. The molecule has 1 rings (SSSR count). The van der Waals surface area contributed by atoms with Crippen molar-refractivity contribution in [2.45, 2.75) is 38.7 Å². The van der Waals surface area contributed by atoms with Crippen LogP contribution in [-0.4, -0.2) is 25.7 Å². The third-order valence-electron chi connectivity index (χ3n) is 2.52. The van der Waals surface area contributed by atoms with Gasteiger partial charge in [0.15, 0.2) is 9.84 Å². The monoisotopic (exact) mass is 317 g/mol. The van der Waals surface area contributed by atoms with Gasteiger partial charge >= 0.3 is 5.97 Å². The molecule has 1 aromatic rings. The average molecular weight is 317 g/mol. The lowest BCUT2D eigenvalue weighted by atomic mass is 10.1. The van der Waals surface area contributed by atoms with Crippen LogP contribution < -0.4 is 5.73 Å². The van der Waals surface area contributed by atoms with Crippen LogP contribution in [0.4, 0.5) is 4.39 Å². The first-order valence-corrected chi connectivity index (χ1v) is 8.24. The Bertz CT molecular complexity index is 620. The molecule has 7 heteroatoms. The van der Waals surface area contributed by atoms with E-state index in [2.05, 4.69) is 0 Å². The van der Waals surface area contributed by atoms with Gasteiger partial charge in [-0.25, -0.2) is 12.8 Å². The van der Waals surface area contributed by atoms with E-state index in [1.807, 2.05) is 0 Å². The van der Waals surface area contributed by atoms with Gasteiger partial charge in [0.2, 0.25) is 0 Å². The number of rotatable bonds is 5. The number of sulfone groups is 1. The lowest BCUT2D eigenvalue weighted by Crippen LogP contribution is -2.29. The third-order valence-corrected chi connectivity index (χ3v) is 3.95. The van der Waals surface area contributed by atoms with E-state index in [4.69, 9.17) is 10.5 Å². The molecule has 0 aliphatic rings. The first kappa shape index (κ1) is 17.6. The van der Waals surface area contributed by atoms with E-state index in [0.717, 1.165) is 6.07 Å². The molecule has 0 unspecified atom stereocenters. The molecule has 0 amide bonds. The number of hydrogen-bond acceptors (Lipinski definition) is 5. The topological polar surface area (TPSA) is 86.5 Å². The highest BCUT2D eigenvalue weighted by Gasteiger charge is 2.24. The van der Waals surface area contributed by atoms with Crippen molar-refractivity contribution in [2.75, 3.05) is 5.75 Å². The highest BCUT2D eigenvalue weighted by atomic mass is 32.2. The summed E-state index contributed by atoms with van der Waals surface area (Å²) in [6, 6.07) is 3.77. The zero-order valence-corrected chi connectivity index (χ0v) is 13.2. The molecule has 0 heterocycles. The smallest absolute Gasteiger partial charge is 0.321 e. The van der Waals surface area contributed by atoms with Crippen molar-refractivity contribution in [2.24, 2.45) is 5.73 Å². The normalized spacial score (nSPS) is 12.2. The number of carbonyl (C=O) groups excluding carboxylic acids is 1. The number of halogens is 1. The highest BCUT2D eigenvalue weighted by molar-refractivity contribution is 7.91. The van der Waals surface area contributed by atoms with Crippen LogP contribution in [0, 0.1) is 5.82 Å². The van der Waals surface area contributed by atoms with Gasteiger partial charge < -0.3 is 10.5 Å². The van der Waals surface area contributed by atoms with Crippen molar-refractivity contribution in [1.82, 2.24) is 0 Å². The molecular weight excluding hydrogens is 297 g/mol. The summed E-state index contributed by atoms with van der Waals surface area (Å²) < 4.78 is 42.2. The van der Waals surface area contributed by atoms with Gasteiger partial charge in [-0.1, -0.05) is 6.07 Å². The van der Waals surface area contributed by atoms with Crippen molar-refractivity contribution < 1.29 is 22.3 Å². The lowest BCUT2D eigenvalue weighted by molar-refractivity contribution is -0.151. The minimum absolute atomic E-state index is 0.0948. The van der Waals surface area contributed by atoms with Crippen molar-refractivity contribution in [3.8, 4) is 0 Å². The molecule has 21 heavy (non-hydrogen) atoms. The fourth-order valence-electron chi connectivity index (χ4n) is 1.77. The zero-order chi connectivity index (χ0) is 16.3. The van der Waals surface area contributed by atoms with Gasteiger partial charge in [0.05, 0.1) is 5.75 Å². The number of hydrogen-bond donors (Lipinski definition) is 1. The molecule has 0 atom stereocenters. The van der Waals surface area contributed by atoms with Crippen LogP contribution in [-0.2, 0) is 31.7 Å². The Morgan fingerprint density at radius 1 is 1.29 bits per heavy atom. The van der Waals surface area contributed by atoms with Crippen LogP contribution in [0.2, 0.25) is 0 Å². The molecule has 0 saturated heterocycles. The van der Waals surface area contributed by atoms with Crippen LogP contribution in [0.5, 0.6) is 0 Å². The quantitative estimate of drug-likeness (QED) is 0.833. The second kappa shape index (κ2) is 6.53. The van der Waals surface area contributed by atoms with Crippen LogP contribution >= 0.6 is 0 Å². The maximum Gasteiger partial charge on any atom is 0.321 e. The Morgan fingerprint density at radius 2 is 1.90 bits per heavy atom. The summed E-state index contributed by atoms with van der Waals surface area (Å²) in [5, 5.41) is 0. The van der Waals surface area contributed by atoms with Crippen LogP contribution in [0.1, 0.15) is 31.9 Å². The highest BCUT2D eigenvalue weighted by Crippen LogP contribution is 2.16. The molecule has 0 radical (unpaired) electrons. The van der Waals surface area contributed by atoms with E-state index in [1.54, 1.807) is 20.8 Å². The number of benzene rings is 1. The fraction of sp³-hybridized carbons (Fsp3) is 0.500. The average Bonchev–Trinajstić information content (AvgIpc) is 2.24. The van der Waals surface area contributed by atoms with Crippen molar-refractivity contribution in [3.63, 3.8) is 0 Å². The molecule has 118 valence electrons. The molecule has 0 fully saturated rings. The van der Waals surface area contributed by atoms with Gasteiger partial charge in [-0.15, -0.1) is 0 Å². The van der Waals surface area contributed by atoms with Crippen molar-refractivity contribution in [1.29, 1.82) is 0 Å². The van der Waals surface area contributed by atoms with E-state index in [-0.39, 0.29) is 12.1 Å². The molecule has 0 bridgehead atoms. The third kappa shape index (κ3) is 6.22. The maximum atomic E-state index is 13.2. The molecule has 0 aliphatic carbocycles. The molecule has 2 N–H and O–H groups in total. The lowest BCUT2D eigenvalue weighted by Gasteiger charge is -2.19. The van der Waals surface area contributed by atoms with Crippen molar-refractivity contribution in [3.05, 3.63) is 35.1 Å². The molecular formula is C14H20FNO4S. The van der Waals surface area contributed by atoms with Gasteiger partial charge in [-0.2, -0.15) is 0 Å². The second-order valence-electron chi connectivity index (χ2n) is 5.74. The molecule has 0 spiro atoms. The Labute approximate surface area is 124 Å². The summed E-state index contributed by atoms with van der Waals surface area (Å²) in [6.45, 7) is 5.04. The maximum absolute atomic E-state index is 13.2. The van der Waals surface area contributed by atoms with Crippen LogP contribution in [0.25, 0.3) is 0 Å². The van der Waals surface area contributed by atoms with Gasteiger partial charge in [0.1, 0.15) is 17.2 Å². The predicted molar refractivity (Wildman–Crippen MR) is 77.6 cm³/mol. The van der Waals surface area contributed by atoms with Crippen LogP contribution in [0.3, 0.4) is 0 Å². The summed E-state index contributed by atoms with van der Waals surface area (Å²) in [4.78, 5) is 11.6. The molecule has 0 aromatic heterocycles. The second-order valence-corrected chi connectivity index (χ2v) is 7.80. The molecule has 5 nitrogen and oxygen atoms in total. The Balaban J connectivity index is 2.86. The Hall–Kier alpha value is -1.47. The van der Waals surface area contributed by atoms with E-state index in [9.17, 15) is 17.6 Å². The number of ether oxygens (including phenoxy) is 1. The van der Waals surface area contributed by atoms with Crippen molar-refractivity contribution >= 4 is 15.8 Å². The minimum atomic E-state index is -3.75.